The van der Waals surface area contributed by atoms with Crippen molar-refractivity contribution in [3.8, 4) is 0 Å². The summed E-state index contributed by atoms with van der Waals surface area (Å²) in [7, 11) is 0. The third kappa shape index (κ3) is 2.49. The number of aliphatic hydroxyl groups excluding tert-OH is 1. The van der Waals surface area contributed by atoms with Gasteiger partial charge in [0.15, 0.2) is 0 Å². The van der Waals surface area contributed by atoms with Gasteiger partial charge >= 0.3 is 0 Å². The van der Waals surface area contributed by atoms with Crippen molar-refractivity contribution in [2.24, 2.45) is 0 Å². The quantitative estimate of drug-likeness (QED) is 0.691. The van der Waals surface area contributed by atoms with E-state index in [9.17, 15) is 9.90 Å². The number of ether oxygens (including phenoxy) is 1. The lowest BCUT2D eigenvalue weighted by molar-refractivity contribution is -0.144. The lowest BCUT2D eigenvalue weighted by atomic mass is 10.1. The van der Waals surface area contributed by atoms with Gasteiger partial charge in [0, 0.05) is 13.1 Å². The molecular formula is C11H19NO3. The molecule has 0 aromatic rings. The number of hydrogen-bond acceptors (Lipinski definition) is 3. The van der Waals surface area contributed by atoms with Crippen molar-refractivity contribution in [3.63, 3.8) is 0 Å². The molecule has 2 saturated heterocycles. The van der Waals surface area contributed by atoms with Crippen LogP contribution >= 0.6 is 0 Å². The summed E-state index contributed by atoms with van der Waals surface area (Å²) in [6.45, 7) is 3.36. The van der Waals surface area contributed by atoms with Gasteiger partial charge in [0.25, 0.3) is 5.91 Å². The number of rotatable bonds is 1. The van der Waals surface area contributed by atoms with E-state index in [1.165, 1.54) is 0 Å². The third-order valence-electron chi connectivity index (χ3n) is 3.28. The summed E-state index contributed by atoms with van der Waals surface area (Å²) in [5.41, 5.74) is 0. The van der Waals surface area contributed by atoms with E-state index in [1.54, 1.807) is 0 Å². The Hall–Kier alpha value is -0.610. The van der Waals surface area contributed by atoms with Crippen molar-refractivity contribution in [1.29, 1.82) is 0 Å². The van der Waals surface area contributed by atoms with Crippen LogP contribution in [0.4, 0.5) is 0 Å². The first-order valence-corrected chi connectivity index (χ1v) is 5.79. The number of carbonyl (C=O) groups excluding carboxylic acids is 1. The smallest absolute Gasteiger partial charge is 0.251 e. The van der Waals surface area contributed by atoms with Crippen LogP contribution in [0.25, 0.3) is 0 Å². The van der Waals surface area contributed by atoms with E-state index in [2.05, 4.69) is 0 Å². The zero-order valence-electron chi connectivity index (χ0n) is 9.19. The van der Waals surface area contributed by atoms with E-state index in [4.69, 9.17) is 4.74 Å². The van der Waals surface area contributed by atoms with Crippen LogP contribution in [-0.4, -0.2) is 47.3 Å². The fourth-order valence-corrected chi connectivity index (χ4v) is 2.27. The van der Waals surface area contributed by atoms with Crippen molar-refractivity contribution in [2.75, 3.05) is 13.1 Å². The molecule has 2 heterocycles. The fourth-order valence-electron chi connectivity index (χ4n) is 2.27. The highest BCUT2D eigenvalue weighted by Crippen LogP contribution is 2.22. The Morgan fingerprint density at radius 3 is 2.47 bits per heavy atom. The van der Waals surface area contributed by atoms with Crippen LogP contribution in [0.3, 0.4) is 0 Å². The summed E-state index contributed by atoms with van der Waals surface area (Å²) in [6.07, 6.45) is 3.00. The van der Waals surface area contributed by atoms with Gasteiger partial charge in [0.2, 0.25) is 0 Å². The molecule has 15 heavy (non-hydrogen) atoms. The maximum absolute atomic E-state index is 12.0. The van der Waals surface area contributed by atoms with E-state index in [0.29, 0.717) is 25.9 Å². The monoisotopic (exact) mass is 213 g/mol. The SMILES string of the molecule is CC1CCC(C(=O)N2CCC(O)CC2)O1. The highest BCUT2D eigenvalue weighted by Gasteiger charge is 2.32. The lowest BCUT2D eigenvalue weighted by Crippen LogP contribution is -2.44. The topological polar surface area (TPSA) is 49.8 Å². The molecule has 0 bridgehead atoms. The van der Waals surface area contributed by atoms with Gasteiger partial charge < -0.3 is 14.7 Å². The second-order valence-corrected chi connectivity index (χ2v) is 4.57. The van der Waals surface area contributed by atoms with Crippen LogP contribution in [-0.2, 0) is 9.53 Å². The Balaban J connectivity index is 1.85. The maximum Gasteiger partial charge on any atom is 0.251 e. The van der Waals surface area contributed by atoms with Gasteiger partial charge in [0.1, 0.15) is 6.10 Å². The molecule has 0 spiro atoms. The summed E-state index contributed by atoms with van der Waals surface area (Å²) in [4.78, 5) is 13.8. The Bertz CT molecular complexity index is 236. The molecule has 1 N–H and O–H groups in total. The normalized spacial score (nSPS) is 33.3. The summed E-state index contributed by atoms with van der Waals surface area (Å²) in [5, 5.41) is 9.35. The Labute approximate surface area is 90.2 Å². The Morgan fingerprint density at radius 2 is 1.93 bits per heavy atom. The molecule has 2 rings (SSSR count). The number of hydrogen-bond donors (Lipinski definition) is 1. The number of nitrogens with zero attached hydrogens (tertiary/aromatic N) is 1. The van der Waals surface area contributed by atoms with E-state index in [-0.39, 0.29) is 24.2 Å². The summed E-state index contributed by atoms with van der Waals surface area (Å²) in [6, 6.07) is 0. The van der Waals surface area contributed by atoms with Crippen LogP contribution in [0.2, 0.25) is 0 Å². The van der Waals surface area contributed by atoms with Gasteiger partial charge in [0.05, 0.1) is 12.2 Å². The van der Waals surface area contributed by atoms with E-state index < -0.39 is 0 Å². The first-order valence-electron chi connectivity index (χ1n) is 5.79. The molecule has 0 aliphatic carbocycles. The standard InChI is InChI=1S/C11H19NO3/c1-8-2-3-10(15-8)11(14)12-6-4-9(13)5-7-12/h8-10,13H,2-7H2,1H3. The van der Waals surface area contributed by atoms with Crippen molar-refractivity contribution in [2.45, 2.75) is 50.9 Å². The third-order valence-corrected chi connectivity index (χ3v) is 3.28. The van der Waals surface area contributed by atoms with Crippen molar-refractivity contribution in [3.05, 3.63) is 0 Å². The molecule has 1 amide bonds. The molecule has 0 aromatic heterocycles. The van der Waals surface area contributed by atoms with Gasteiger partial charge in [-0.05, 0) is 32.6 Å². The molecule has 0 aromatic carbocycles. The number of carbonyl (C=O) groups is 1. The van der Waals surface area contributed by atoms with Gasteiger partial charge in [-0.1, -0.05) is 0 Å². The van der Waals surface area contributed by atoms with Crippen molar-refractivity contribution >= 4 is 5.91 Å². The molecule has 2 atom stereocenters. The van der Waals surface area contributed by atoms with E-state index in [1.807, 2.05) is 11.8 Å². The van der Waals surface area contributed by atoms with Gasteiger partial charge in [-0.25, -0.2) is 0 Å². The largest absolute Gasteiger partial charge is 0.393 e. The van der Waals surface area contributed by atoms with Gasteiger partial charge in [-0.2, -0.15) is 0 Å². The van der Waals surface area contributed by atoms with Crippen LogP contribution in [0.15, 0.2) is 0 Å². The first-order chi connectivity index (χ1) is 7.16. The molecule has 86 valence electrons. The average molecular weight is 213 g/mol. The first kappa shape index (κ1) is 10.9. The molecule has 0 saturated carbocycles. The minimum atomic E-state index is -0.227. The molecule has 2 aliphatic heterocycles. The van der Waals surface area contributed by atoms with Crippen LogP contribution in [0.5, 0.6) is 0 Å². The molecule has 2 unspecified atom stereocenters. The Morgan fingerprint density at radius 1 is 1.27 bits per heavy atom. The number of likely N-dealkylation sites (tertiary alicyclic amines) is 1. The Kier molecular flexibility index (Phi) is 3.26. The highest BCUT2D eigenvalue weighted by atomic mass is 16.5. The van der Waals surface area contributed by atoms with Crippen molar-refractivity contribution < 1.29 is 14.6 Å². The van der Waals surface area contributed by atoms with Crippen molar-refractivity contribution in [1.82, 2.24) is 4.90 Å². The number of piperidine rings is 1. The number of amides is 1. The molecule has 0 radical (unpaired) electrons. The minimum absolute atomic E-state index is 0.117. The highest BCUT2D eigenvalue weighted by molar-refractivity contribution is 5.81. The average Bonchev–Trinajstić information content (AvgIpc) is 2.65. The summed E-state index contributed by atoms with van der Waals surface area (Å²) in [5.74, 6) is 0.117. The predicted molar refractivity (Wildman–Crippen MR) is 55.4 cm³/mol. The minimum Gasteiger partial charge on any atom is -0.393 e. The zero-order valence-corrected chi connectivity index (χ0v) is 9.19. The molecule has 2 aliphatic rings. The van der Waals surface area contributed by atoms with Crippen LogP contribution in [0, 0.1) is 0 Å². The van der Waals surface area contributed by atoms with Gasteiger partial charge in [-0.15, -0.1) is 0 Å². The van der Waals surface area contributed by atoms with E-state index in [0.717, 1.165) is 12.8 Å². The molecule has 2 fully saturated rings. The lowest BCUT2D eigenvalue weighted by Gasteiger charge is -2.31. The molecule has 4 nitrogen and oxygen atoms in total. The maximum atomic E-state index is 12.0. The summed E-state index contributed by atoms with van der Waals surface area (Å²) >= 11 is 0. The second-order valence-electron chi connectivity index (χ2n) is 4.57. The molecular weight excluding hydrogens is 194 g/mol. The van der Waals surface area contributed by atoms with Crippen LogP contribution in [0.1, 0.15) is 32.6 Å². The predicted octanol–water partition coefficient (Wildman–Crippen LogP) is 0.537. The molecule has 4 heteroatoms. The fraction of sp³-hybridized carbons (Fsp3) is 0.909. The van der Waals surface area contributed by atoms with E-state index >= 15 is 0 Å². The zero-order chi connectivity index (χ0) is 10.8. The number of aliphatic hydroxyl groups is 1. The van der Waals surface area contributed by atoms with Gasteiger partial charge in [-0.3, -0.25) is 4.79 Å². The summed E-state index contributed by atoms with van der Waals surface area (Å²) < 4.78 is 5.55. The van der Waals surface area contributed by atoms with Crippen LogP contribution < -0.4 is 0 Å². The second kappa shape index (κ2) is 4.49.